The van der Waals surface area contributed by atoms with Gasteiger partial charge in [-0.3, -0.25) is 9.48 Å². The molecule has 0 aromatic carbocycles. The van der Waals surface area contributed by atoms with Gasteiger partial charge >= 0.3 is 0 Å². The summed E-state index contributed by atoms with van der Waals surface area (Å²) in [6.07, 6.45) is 11.0. The highest BCUT2D eigenvalue weighted by molar-refractivity contribution is 7.98. The first kappa shape index (κ1) is 21.4. The number of hydrogen-bond donors (Lipinski definition) is 1. The fourth-order valence-electron chi connectivity index (χ4n) is 4.92. The van der Waals surface area contributed by atoms with E-state index < -0.39 is 0 Å². The van der Waals surface area contributed by atoms with Crippen LogP contribution in [0.5, 0.6) is 0 Å². The lowest BCUT2D eigenvalue weighted by Crippen LogP contribution is -2.25. The first-order valence-corrected chi connectivity index (χ1v) is 12.9. The van der Waals surface area contributed by atoms with Crippen molar-refractivity contribution < 1.29 is 4.79 Å². The van der Waals surface area contributed by atoms with E-state index in [1.807, 2.05) is 20.0 Å². The number of fused-ring (bicyclic) bond motifs is 1. The minimum absolute atomic E-state index is 0.0440. The molecule has 5 rings (SSSR count). The minimum Gasteiger partial charge on any atom is -0.352 e. The summed E-state index contributed by atoms with van der Waals surface area (Å²) >= 11 is 1.66. The van der Waals surface area contributed by atoms with Crippen molar-refractivity contribution in [2.45, 2.75) is 75.4 Å². The number of carbonyl (C=O) groups excluding carboxylic acids is 1. The second-order valence-electron chi connectivity index (χ2n) is 9.05. The van der Waals surface area contributed by atoms with Crippen molar-refractivity contribution in [2.75, 3.05) is 12.8 Å². The molecule has 170 valence electrons. The molecule has 9 heteroatoms. The van der Waals surface area contributed by atoms with Crippen LogP contribution < -0.4 is 5.32 Å². The highest BCUT2D eigenvalue weighted by Gasteiger charge is 2.28. The van der Waals surface area contributed by atoms with Gasteiger partial charge in [0.05, 0.1) is 16.6 Å². The van der Waals surface area contributed by atoms with Gasteiger partial charge in [0, 0.05) is 37.7 Å². The molecule has 1 amide bonds. The van der Waals surface area contributed by atoms with Gasteiger partial charge in [-0.1, -0.05) is 24.6 Å². The number of pyridine rings is 1. The molecule has 2 aliphatic rings. The number of thioether (sulfide) groups is 1. The summed E-state index contributed by atoms with van der Waals surface area (Å²) < 4.78 is 4.12. The van der Waals surface area contributed by atoms with Crippen molar-refractivity contribution in [3.05, 3.63) is 28.8 Å². The summed E-state index contributed by atoms with van der Waals surface area (Å²) in [6.45, 7) is 2.55. The van der Waals surface area contributed by atoms with E-state index in [9.17, 15) is 4.79 Å². The molecule has 0 atom stereocenters. The number of nitrogens with one attached hydrogen (secondary N) is 1. The maximum atomic E-state index is 13.1. The third kappa shape index (κ3) is 4.02. The van der Waals surface area contributed by atoms with E-state index in [1.165, 1.54) is 25.7 Å². The SMILES string of the molecule is CSc1nnc(CCCNC(=O)c2cc(C3CC3)nc3c2c(C)nn3C)n1C1CCCC1. The van der Waals surface area contributed by atoms with E-state index >= 15 is 0 Å². The molecular weight excluding hydrogens is 422 g/mol. The van der Waals surface area contributed by atoms with Gasteiger partial charge in [0.25, 0.3) is 5.91 Å². The lowest BCUT2D eigenvalue weighted by Gasteiger charge is -2.16. The second-order valence-corrected chi connectivity index (χ2v) is 9.82. The van der Waals surface area contributed by atoms with Crippen LogP contribution in [0.3, 0.4) is 0 Å². The number of aryl methyl sites for hydroxylation is 3. The van der Waals surface area contributed by atoms with Gasteiger partial charge in [-0.25, -0.2) is 4.98 Å². The Morgan fingerprint density at radius 1 is 1.22 bits per heavy atom. The van der Waals surface area contributed by atoms with Crippen molar-refractivity contribution in [3.8, 4) is 0 Å². The Labute approximate surface area is 192 Å². The van der Waals surface area contributed by atoms with Crippen LogP contribution in [-0.4, -0.2) is 48.2 Å². The van der Waals surface area contributed by atoms with Gasteiger partial charge in [-0.2, -0.15) is 5.10 Å². The fourth-order valence-corrected chi connectivity index (χ4v) is 5.50. The maximum Gasteiger partial charge on any atom is 0.252 e. The topological polar surface area (TPSA) is 90.5 Å². The lowest BCUT2D eigenvalue weighted by atomic mass is 10.1. The third-order valence-corrected chi connectivity index (χ3v) is 7.34. The zero-order valence-electron chi connectivity index (χ0n) is 19.1. The average Bonchev–Trinajstić information content (AvgIpc) is 3.22. The Hall–Kier alpha value is -2.42. The number of carbonyl (C=O) groups is 1. The van der Waals surface area contributed by atoms with E-state index in [-0.39, 0.29) is 5.91 Å². The van der Waals surface area contributed by atoms with Crippen LogP contribution in [0.25, 0.3) is 11.0 Å². The van der Waals surface area contributed by atoms with Crippen LogP contribution in [0.4, 0.5) is 0 Å². The van der Waals surface area contributed by atoms with Gasteiger partial charge in [0.1, 0.15) is 5.82 Å². The largest absolute Gasteiger partial charge is 0.352 e. The van der Waals surface area contributed by atoms with Crippen molar-refractivity contribution in [1.29, 1.82) is 0 Å². The third-order valence-electron chi connectivity index (χ3n) is 6.70. The average molecular weight is 454 g/mol. The smallest absolute Gasteiger partial charge is 0.252 e. The normalized spacial score (nSPS) is 16.8. The molecule has 2 aliphatic carbocycles. The van der Waals surface area contributed by atoms with Gasteiger partial charge in [0.2, 0.25) is 0 Å². The molecular formula is C23H31N7OS. The molecule has 0 spiro atoms. The quantitative estimate of drug-likeness (QED) is 0.410. The first-order valence-electron chi connectivity index (χ1n) is 11.7. The molecule has 32 heavy (non-hydrogen) atoms. The zero-order chi connectivity index (χ0) is 22.2. The molecule has 2 fully saturated rings. The van der Waals surface area contributed by atoms with E-state index in [2.05, 4.69) is 31.4 Å². The molecule has 8 nitrogen and oxygen atoms in total. The summed E-state index contributed by atoms with van der Waals surface area (Å²) in [7, 11) is 1.89. The number of nitrogens with zero attached hydrogens (tertiary/aromatic N) is 6. The summed E-state index contributed by atoms with van der Waals surface area (Å²) in [4.78, 5) is 17.9. The molecule has 3 aromatic heterocycles. The van der Waals surface area contributed by atoms with Crippen molar-refractivity contribution >= 4 is 28.7 Å². The van der Waals surface area contributed by atoms with Crippen molar-refractivity contribution in [3.63, 3.8) is 0 Å². The highest BCUT2D eigenvalue weighted by atomic mass is 32.2. The molecule has 0 saturated heterocycles. The lowest BCUT2D eigenvalue weighted by molar-refractivity contribution is 0.0954. The Balaban J connectivity index is 1.27. The Morgan fingerprint density at radius 3 is 2.72 bits per heavy atom. The molecule has 1 N–H and O–H groups in total. The molecule has 0 radical (unpaired) electrons. The number of rotatable bonds is 8. The van der Waals surface area contributed by atoms with Crippen molar-refractivity contribution in [2.24, 2.45) is 7.05 Å². The Morgan fingerprint density at radius 2 is 2.00 bits per heavy atom. The predicted molar refractivity (Wildman–Crippen MR) is 125 cm³/mol. The Bertz CT molecular complexity index is 1140. The fraction of sp³-hybridized carbons (Fsp3) is 0.609. The molecule has 0 bridgehead atoms. The van der Waals surface area contributed by atoms with Gasteiger partial charge in [0.15, 0.2) is 10.8 Å². The highest BCUT2D eigenvalue weighted by Crippen LogP contribution is 2.40. The van der Waals surface area contributed by atoms with E-state index in [1.54, 1.807) is 16.4 Å². The minimum atomic E-state index is -0.0440. The van der Waals surface area contributed by atoms with E-state index in [0.717, 1.165) is 59.1 Å². The molecule has 2 saturated carbocycles. The van der Waals surface area contributed by atoms with Gasteiger partial charge in [-0.15, -0.1) is 10.2 Å². The van der Waals surface area contributed by atoms with Crippen LogP contribution in [0.15, 0.2) is 11.2 Å². The summed E-state index contributed by atoms with van der Waals surface area (Å²) in [5.41, 5.74) is 3.35. The van der Waals surface area contributed by atoms with E-state index in [4.69, 9.17) is 4.98 Å². The van der Waals surface area contributed by atoms with Crippen LogP contribution in [0.1, 0.15) is 84.5 Å². The second kappa shape index (κ2) is 8.84. The maximum absolute atomic E-state index is 13.1. The van der Waals surface area contributed by atoms with Crippen LogP contribution in [0, 0.1) is 6.92 Å². The number of hydrogen-bond acceptors (Lipinski definition) is 6. The zero-order valence-corrected chi connectivity index (χ0v) is 19.9. The summed E-state index contributed by atoms with van der Waals surface area (Å²) in [5, 5.41) is 18.4. The van der Waals surface area contributed by atoms with Crippen LogP contribution in [-0.2, 0) is 13.5 Å². The van der Waals surface area contributed by atoms with Gasteiger partial charge in [-0.05, 0) is 51.3 Å². The monoisotopic (exact) mass is 453 g/mol. The molecule has 3 aromatic rings. The predicted octanol–water partition coefficient (Wildman–Crippen LogP) is 3.95. The van der Waals surface area contributed by atoms with Crippen LogP contribution >= 0.6 is 11.8 Å². The van der Waals surface area contributed by atoms with Crippen LogP contribution in [0.2, 0.25) is 0 Å². The molecule has 0 aliphatic heterocycles. The van der Waals surface area contributed by atoms with E-state index in [0.29, 0.717) is 24.1 Å². The standard InChI is InChI=1S/C23H31N7OS/c1-14-20-17(13-18(15-10-11-15)25-21(20)29(2)28-14)22(31)24-12-6-9-19-26-27-23(32-3)30(19)16-7-4-5-8-16/h13,15-16H,4-12H2,1-3H3,(H,24,31). The number of aromatic nitrogens is 6. The Kier molecular flexibility index (Phi) is 5.92. The number of amides is 1. The molecule has 3 heterocycles. The first-order chi connectivity index (χ1) is 15.6. The summed E-state index contributed by atoms with van der Waals surface area (Å²) in [5.74, 6) is 1.48. The van der Waals surface area contributed by atoms with Gasteiger partial charge < -0.3 is 9.88 Å². The van der Waals surface area contributed by atoms with Crippen molar-refractivity contribution in [1.82, 2.24) is 34.8 Å². The molecule has 0 unspecified atom stereocenters. The summed E-state index contributed by atoms with van der Waals surface area (Å²) in [6, 6.07) is 2.50.